The third kappa shape index (κ3) is 4.98. The van der Waals surface area contributed by atoms with Crippen LogP contribution in [0.4, 0.5) is 0 Å². The standard InChI is InChI=1S/C23H27NO4/c25-21(23(27)28)19-13-15-24(16-14-19)22(26)20(18-9-5-2-6-10-18)12-11-17-7-3-1-4-8-17/h1-10,19-21,25H,11-16H2,(H,27,28). The third-order valence-corrected chi connectivity index (χ3v) is 5.62. The van der Waals surface area contributed by atoms with Crippen LogP contribution in [-0.2, 0) is 16.0 Å². The van der Waals surface area contributed by atoms with E-state index in [9.17, 15) is 14.7 Å². The Morgan fingerprint density at radius 2 is 1.54 bits per heavy atom. The average molecular weight is 381 g/mol. The van der Waals surface area contributed by atoms with Crippen LogP contribution in [-0.4, -0.2) is 46.2 Å². The monoisotopic (exact) mass is 381 g/mol. The lowest BCUT2D eigenvalue weighted by Gasteiger charge is -2.35. The first-order chi connectivity index (χ1) is 13.6. The summed E-state index contributed by atoms with van der Waals surface area (Å²) in [6, 6.07) is 20.0. The zero-order valence-electron chi connectivity index (χ0n) is 15.9. The first kappa shape index (κ1) is 20.1. The molecule has 5 heteroatoms. The summed E-state index contributed by atoms with van der Waals surface area (Å²) in [5, 5.41) is 18.8. The molecule has 2 unspecified atom stereocenters. The smallest absolute Gasteiger partial charge is 0.332 e. The highest BCUT2D eigenvalue weighted by molar-refractivity contribution is 5.84. The van der Waals surface area contributed by atoms with Crippen LogP contribution in [0.25, 0.3) is 0 Å². The van der Waals surface area contributed by atoms with Crippen LogP contribution in [0, 0.1) is 5.92 Å². The second-order valence-corrected chi connectivity index (χ2v) is 7.43. The lowest BCUT2D eigenvalue weighted by Crippen LogP contribution is -2.44. The topological polar surface area (TPSA) is 77.8 Å². The van der Waals surface area contributed by atoms with Crippen molar-refractivity contribution < 1.29 is 19.8 Å². The molecule has 0 aromatic heterocycles. The van der Waals surface area contributed by atoms with Gasteiger partial charge in [-0.15, -0.1) is 0 Å². The number of piperidine rings is 1. The Kier molecular flexibility index (Phi) is 6.82. The Hall–Kier alpha value is -2.66. The Balaban J connectivity index is 1.68. The maximum atomic E-state index is 13.3. The van der Waals surface area contributed by atoms with Gasteiger partial charge in [0, 0.05) is 13.1 Å². The molecule has 148 valence electrons. The fourth-order valence-corrected chi connectivity index (χ4v) is 3.93. The number of likely N-dealkylation sites (tertiary alicyclic amines) is 1. The maximum absolute atomic E-state index is 13.3. The summed E-state index contributed by atoms with van der Waals surface area (Å²) < 4.78 is 0. The predicted molar refractivity (Wildman–Crippen MR) is 107 cm³/mol. The van der Waals surface area contributed by atoms with Crippen molar-refractivity contribution in [1.29, 1.82) is 0 Å². The summed E-state index contributed by atoms with van der Waals surface area (Å²) in [5.74, 6) is -1.61. The van der Waals surface area contributed by atoms with Crippen molar-refractivity contribution in [2.75, 3.05) is 13.1 Å². The SMILES string of the molecule is O=C(O)C(O)C1CCN(C(=O)C(CCc2ccccc2)c2ccccc2)CC1. The second kappa shape index (κ2) is 9.51. The van der Waals surface area contributed by atoms with Gasteiger partial charge >= 0.3 is 5.97 Å². The van der Waals surface area contributed by atoms with Gasteiger partial charge in [-0.2, -0.15) is 0 Å². The summed E-state index contributed by atoms with van der Waals surface area (Å²) in [7, 11) is 0. The minimum absolute atomic E-state index is 0.0883. The van der Waals surface area contributed by atoms with Crippen molar-refractivity contribution in [1.82, 2.24) is 4.90 Å². The van der Waals surface area contributed by atoms with Crippen molar-refractivity contribution in [2.24, 2.45) is 5.92 Å². The second-order valence-electron chi connectivity index (χ2n) is 7.43. The number of benzene rings is 2. The van der Waals surface area contributed by atoms with Gasteiger partial charge in [-0.05, 0) is 42.7 Å². The molecule has 2 aromatic rings. The lowest BCUT2D eigenvalue weighted by atomic mass is 9.88. The van der Waals surface area contributed by atoms with E-state index < -0.39 is 12.1 Å². The maximum Gasteiger partial charge on any atom is 0.332 e. The molecule has 2 atom stereocenters. The van der Waals surface area contributed by atoms with Gasteiger partial charge in [-0.1, -0.05) is 60.7 Å². The summed E-state index contributed by atoms with van der Waals surface area (Å²) in [6.07, 6.45) is 1.23. The zero-order chi connectivity index (χ0) is 19.9. The van der Waals surface area contributed by atoms with E-state index in [1.54, 1.807) is 0 Å². The average Bonchev–Trinajstić information content (AvgIpc) is 2.75. The molecule has 0 radical (unpaired) electrons. The largest absolute Gasteiger partial charge is 0.479 e. The molecule has 1 heterocycles. The predicted octanol–water partition coefficient (Wildman–Crippen LogP) is 3.09. The van der Waals surface area contributed by atoms with E-state index in [4.69, 9.17) is 5.11 Å². The van der Waals surface area contributed by atoms with Crippen LogP contribution < -0.4 is 0 Å². The number of amides is 1. The lowest BCUT2D eigenvalue weighted by molar-refractivity contribution is -0.151. The third-order valence-electron chi connectivity index (χ3n) is 5.62. The van der Waals surface area contributed by atoms with Crippen molar-refractivity contribution in [2.45, 2.75) is 37.7 Å². The summed E-state index contributed by atoms with van der Waals surface area (Å²) in [4.78, 5) is 26.1. The number of rotatable bonds is 7. The van der Waals surface area contributed by atoms with Gasteiger partial charge in [-0.25, -0.2) is 4.79 Å². The van der Waals surface area contributed by atoms with Gasteiger partial charge in [0.2, 0.25) is 5.91 Å². The van der Waals surface area contributed by atoms with Gasteiger partial charge < -0.3 is 15.1 Å². The van der Waals surface area contributed by atoms with Gasteiger partial charge in [0.05, 0.1) is 5.92 Å². The summed E-state index contributed by atoms with van der Waals surface area (Å²) >= 11 is 0. The molecule has 1 fully saturated rings. The number of carbonyl (C=O) groups is 2. The highest BCUT2D eigenvalue weighted by Gasteiger charge is 2.33. The molecular formula is C23H27NO4. The number of carboxylic acids is 1. The van der Waals surface area contributed by atoms with Crippen molar-refractivity contribution >= 4 is 11.9 Å². The molecule has 1 amide bonds. The minimum Gasteiger partial charge on any atom is -0.479 e. The molecule has 0 aliphatic carbocycles. The van der Waals surface area contributed by atoms with E-state index in [0.29, 0.717) is 25.9 Å². The highest BCUT2D eigenvalue weighted by atomic mass is 16.4. The fourth-order valence-electron chi connectivity index (χ4n) is 3.93. The van der Waals surface area contributed by atoms with Crippen LogP contribution in [0.1, 0.15) is 36.3 Å². The van der Waals surface area contributed by atoms with Crippen LogP contribution in [0.15, 0.2) is 60.7 Å². The first-order valence-electron chi connectivity index (χ1n) is 9.85. The number of carboxylic acid groups (broad SMARTS) is 1. The Bertz CT molecular complexity index is 770. The van der Waals surface area contributed by atoms with Crippen LogP contribution in [0.2, 0.25) is 0 Å². The van der Waals surface area contributed by atoms with E-state index in [1.165, 1.54) is 5.56 Å². The molecular weight excluding hydrogens is 354 g/mol. The van der Waals surface area contributed by atoms with Crippen molar-refractivity contribution in [3.05, 3.63) is 71.8 Å². The minimum atomic E-state index is -1.35. The summed E-state index contributed by atoms with van der Waals surface area (Å²) in [6.45, 7) is 0.977. The highest BCUT2D eigenvalue weighted by Crippen LogP contribution is 2.28. The number of aliphatic hydroxyl groups excluding tert-OH is 1. The molecule has 2 aromatic carbocycles. The quantitative estimate of drug-likeness (QED) is 0.773. The number of aryl methyl sites for hydroxylation is 1. The van der Waals surface area contributed by atoms with E-state index in [1.807, 2.05) is 53.4 Å². The molecule has 0 bridgehead atoms. The Morgan fingerprint density at radius 3 is 2.11 bits per heavy atom. The molecule has 3 rings (SSSR count). The van der Waals surface area contributed by atoms with E-state index in [-0.39, 0.29) is 17.7 Å². The van der Waals surface area contributed by atoms with Gasteiger partial charge in [0.15, 0.2) is 6.10 Å². The number of aliphatic carboxylic acids is 1. The number of hydrogen-bond acceptors (Lipinski definition) is 3. The molecule has 0 saturated carbocycles. The van der Waals surface area contributed by atoms with Gasteiger partial charge in [0.25, 0.3) is 0 Å². The van der Waals surface area contributed by atoms with Crippen LogP contribution >= 0.6 is 0 Å². The zero-order valence-corrected chi connectivity index (χ0v) is 15.9. The van der Waals surface area contributed by atoms with Crippen molar-refractivity contribution in [3.63, 3.8) is 0 Å². The van der Waals surface area contributed by atoms with Gasteiger partial charge in [-0.3, -0.25) is 4.79 Å². The molecule has 28 heavy (non-hydrogen) atoms. The molecule has 0 spiro atoms. The number of aliphatic hydroxyl groups is 1. The van der Waals surface area contributed by atoms with E-state index >= 15 is 0 Å². The van der Waals surface area contributed by atoms with E-state index in [0.717, 1.165) is 18.4 Å². The number of nitrogens with zero attached hydrogens (tertiary/aromatic N) is 1. The normalized spacial score (nSPS) is 17.1. The fraction of sp³-hybridized carbons (Fsp3) is 0.391. The van der Waals surface area contributed by atoms with Crippen LogP contribution in [0.5, 0.6) is 0 Å². The number of hydrogen-bond donors (Lipinski definition) is 2. The molecule has 1 saturated heterocycles. The van der Waals surface area contributed by atoms with Crippen LogP contribution in [0.3, 0.4) is 0 Å². The Morgan fingerprint density at radius 1 is 0.964 bits per heavy atom. The molecule has 2 N–H and O–H groups in total. The van der Waals surface area contributed by atoms with Crippen molar-refractivity contribution in [3.8, 4) is 0 Å². The Labute approximate surface area is 165 Å². The molecule has 1 aliphatic rings. The molecule has 5 nitrogen and oxygen atoms in total. The van der Waals surface area contributed by atoms with Gasteiger partial charge in [0.1, 0.15) is 0 Å². The number of carbonyl (C=O) groups excluding carboxylic acids is 1. The molecule has 1 aliphatic heterocycles. The van der Waals surface area contributed by atoms with E-state index in [2.05, 4.69) is 12.1 Å². The summed E-state index contributed by atoms with van der Waals surface area (Å²) in [5.41, 5.74) is 2.22. The first-order valence-corrected chi connectivity index (χ1v) is 9.85.